The highest BCUT2D eigenvalue weighted by molar-refractivity contribution is 6.32. The maximum Gasteiger partial charge on any atom is 0.338 e. The van der Waals surface area contributed by atoms with Crippen molar-refractivity contribution in [3.63, 3.8) is 0 Å². The van der Waals surface area contributed by atoms with Crippen LogP contribution in [0.5, 0.6) is 5.75 Å². The molecule has 2 rings (SSSR count). The maximum absolute atomic E-state index is 12.9. The number of nitrogens with two attached hydrogens (primary N) is 1. The van der Waals surface area contributed by atoms with Crippen molar-refractivity contribution in [2.45, 2.75) is 6.61 Å². The Morgan fingerprint density at radius 1 is 1.35 bits per heavy atom. The molecule has 0 radical (unpaired) electrons. The molecule has 4 nitrogen and oxygen atoms in total. The van der Waals surface area contributed by atoms with Gasteiger partial charge in [-0.05, 0) is 24.3 Å². The summed E-state index contributed by atoms with van der Waals surface area (Å²) in [5, 5.41) is 9.24. The topological polar surface area (TPSA) is 72.5 Å². The van der Waals surface area contributed by atoms with Gasteiger partial charge in [0.25, 0.3) is 0 Å². The third kappa shape index (κ3) is 3.00. The highest BCUT2D eigenvalue weighted by atomic mass is 35.5. The molecule has 0 fully saturated rings. The minimum Gasteiger partial charge on any atom is -0.487 e. The predicted octanol–water partition coefficient (Wildman–Crippen LogP) is 3.34. The van der Waals surface area contributed by atoms with Crippen LogP contribution in [0.15, 0.2) is 36.4 Å². The molecule has 0 bridgehead atoms. The van der Waals surface area contributed by atoms with Gasteiger partial charge < -0.3 is 15.6 Å². The van der Waals surface area contributed by atoms with E-state index in [1.807, 2.05) is 0 Å². The van der Waals surface area contributed by atoms with Crippen LogP contribution in [-0.4, -0.2) is 11.1 Å². The third-order valence-electron chi connectivity index (χ3n) is 2.67. The van der Waals surface area contributed by atoms with E-state index in [1.165, 1.54) is 18.2 Å². The van der Waals surface area contributed by atoms with Crippen molar-refractivity contribution < 1.29 is 19.0 Å². The smallest absolute Gasteiger partial charge is 0.338 e. The van der Waals surface area contributed by atoms with E-state index in [4.69, 9.17) is 27.2 Å². The second-order valence-electron chi connectivity index (χ2n) is 4.05. The number of carboxylic acid groups (broad SMARTS) is 1. The van der Waals surface area contributed by atoms with Gasteiger partial charge >= 0.3 is 5.97 Å². The SMILES string of the molecule is Nc1cccc(COc2ccc(F)cc2Cl)c1C(=O)O. The summed E-state index contributed by atoms with van der Waals surface area (Å²) >= 11 is 5.82. The molecule has 0 heterocycles. The Morgan fingerprint density at radius 3 is 2.75 bits per heavy atom. The summed E-state index contributed by atoms with van der Waals surface area (Å²) in [4.78, 5) is 11.2. The molecule has 3 N–H and O–H groups in total. The largest absolute Gasteiger partial charge is 0.487 e. The molecule has 0 spiro atoms. The number of ether oxygens (including phenoxy) is 1. The van der Waals surface area contributed by atoms with E-state index in [-0.39, 0.29) is 28.6 Å². The van der Waals surface area contributed by atoms with Crippen LogP contribution < -0.4 is 10.5 Å². The molecule has 0 aromatic heterocycles. The van der Waals surface area contributed by atoms with E-state index < -0.39 is 11.8 Å². The van der Waals surface area contributed by atoms with Gasteiger partial charge in [-0.3, -0.25) is 0 Å². The van der Waals surface area contributed by atoms with Gasteiger partial charge in [0, 0.05) is 11.3 Å². The quantitative estimate of drug-likeness (QED) is 0.849. The van der Waals surface area contributed by atoms with Crippen LogP contribution in [0.4, 0.5) is 10.1 Å². The molecule has 0 aliphatic rings. The van der Waals surface area contributed by atoms with Gasteiger partial charge in [-0.1, -0.05) is 23.7 Å². The molecule has 0 unspecified atom stereocenters. The highest BCUT2D eigenvalue weighted by Gasteiger charge is 2.14. The lowest BCUT2D eigenvalue weighted by atomic mass is 10.1. The third-order valence-corrected chi connectivity index (χ3v) is 2.97. The van der Waals surface area contributed by atoms with Crippen molar-refractivity contribution >= 4 is 23.3 Å². The average molecular weight is 296 g/mol. The van der Waals surface area contributed by atoms with E-state index in [9.17, 15) is 9.18 Å². The van der Waals surface area contributed by atoms with Gasteiger partial charge in [0.15, 0.2) is 0 Å². The summed E-state index contributed by atoms with van der Waals surface area (Å²) in [5.41, 5.74) is 6.19. The van der Waals surface area contributed by atoms with Crippen molar-refractivity contribution in [1.29, 1.82) is 0 Å². The van der Waals surface area contributed by atoms with E-state index in [0.717, 1.165) is 6.07 Å². The Bertz CT molecular complexity index is 661. The first-order valence-corrected chi connectivity index (χ1v) is 6.05. The van der Waals surface area contributed by atoms with Crippen molar-refractivity contribution in [3.8, 4) is 5.75 Å². The molecule has 0 atom stereocenters. The van der Waals surface area contributed by atoms with Crippen molar-refractivity contribution in [3.05, 3.63) is 58.4 Å². The minimum atomic E-state index is -1.13. The first-order chi connectivity index (χ1) is 9.49. The summed E-state index contributed by atoms with van der Waals surface area (Å²) in [6, 6.07) is 8.43. The van der Waals surface area contributed by atoms with Crippen LogP contribution in [-0.2, 0) is 6.61 Å². The molecule has 6 heteroatoms. The summed E-state index contributed by atoms with van der Waals surface area (Å²) in [6.07, 6.45) is 0. The lowest BCUT2D eigenvalue weighted by Crippen LogP contribution is -2.09. The number of halogens is 2. The lowest BCUT2D eigenvalue weighted by Gasteiger charge is -2.11. The van der Waals surface area contributed by atoms with Gasteiger partial charge in [0.1, 0.15) is 18.2 Å². The van der Waals surface area contributed by atoms with Crippen LogP contribution >= 0.6 is 11.6 Å². The molecule has 104 valence electrons. The number of benzene rings is 2. The van der Waals surface area contributed by atoms with Crippen LogP contribution in [0.1, 0.15) is 15.9 Å². The zero-order valence-corrected chi connectivity index (χ0v) is 11.0. The molecule has 0 amide bonds. The van der Waals surface area contributed by atoms with E-state index in [0.29, 0.717) is 5.56 Å². The number of carboxylic acids is 1. The minimum absolute atomic E-state index is 0.00858. The number of aromatic carboxylic acids is 1. The second kappa shape index (κ2) is 5.79. The fourth-order valence-electron chi connectivity index (χ4n) is 1.75. The van der Waals surface area contributed by atoms with Gasteiger partial charge in [-0.25, -0.2) is 9.18 Å². The summed E-state index contributed by atoms with van der Waals surface area (Å²) in [5.74, 6) is -1.34. The molecule has 2 aromatic carbocycles. The number of rotatable bonds is 4. The van der Waals surface area contributed by atoms with Gasteiger partial charge in [0.05, 0.1) is 10.6 Å². The summed E-state index contributed by atoms with van der Waals surface area (Å²) < 4.78 is 18.3. The summed E-state index contributed by atoms with van der Waals surface area (Å²) in [7, 11) is 0. The first kappa shape index (κ1) is 14.1. The predicted molar refractivity (Wildman–Crippen MR) is 73.6 cm³/mol. The Morgan fingerprint density at radius 2 is 2.10 bits per heavy atom. The van der Waals surface area contributed by atoms with Crippen LogP contribution in [0.25, 0.3) is 0 Å². The molecular weight excluding hydrogens is 285 g/mol. The van der Waals surface area contributed by atoms with E-state index in [1.54, 1.807) is 12.1 Å². The number of hydrogen-bond donors (Lipinski definition) is 2. The lowest BCUT2D eigenvalue weighted by molar-refractivity contribution is 0.0695. The number of carbonyl (C=O) groups is 1. The zero-order valence-electron chi connectivity index (χ0n) is 10.3. The van der Waals surface area contributed by atoms with Crippen molar-refractivity contribution in [1.82, 2.24) is 0 Å². The zero-order chi connectivity index (χ0) is 14.7. The fraction of sp³-hybridized carbons (Fsp3) is 0.0714. The van der Waals surface area contributed by atoms with E-state index >= 15 is 0 Å². The normalized spacial score (nSPS) is 10.3. The monoisotopic (exact) mass is 295 g/mol. The van der Waals surface area contributed by atoms with Crippen molar-refractivity contribution in [2.24, 2.45) is 0 Å². The molecular formula is C14H11ClFNO3. The number of nitrogen functional groups attached to an aromatic ring is 1. The Kier molecular flexibility index (Phi) is 4.10. The van der Waals surface area contributed by atoms with Gasteiger partial charge in [-0.15, -0.1) is 0 Å². The second-order valence-corrected chi connectivity index (χ2v) is 4.46. The maximum atomic E-state index is 12.9. The molecule has 0 saturated carbocycles. The van der Waals surface area contributed by atoms with E-state index in [2.05, 4.69) is 0 Å². The summed E-state index contributed by atoms with van der Waals surface area (Å²) in [6.45, 7) is -0.0297. The Labute approximate surface area is 119 Å². The first-order valence-electron chi connectivity index (χ1n) is 5.67. The van der Waals surface area contributed by atoms with Crippen LogP contribution in [0, 0.1) is 5.82 Å². The Balaban J connectivity index is 2.23. The standard InChI is InChI=1S/C14H11ClFNO3/c15-10-6-9(16)4-5-12(10)20-7-8-2-1-3-11(17)13(8)14(18)19/h1-6H,7,17H2,(H,18,19). The average Bonchev–Trinajstić information content (AvgIpc) is 2.37. The molecule has 20 heavy (non-hydrogen) atoms. The molecule has 0 saturated heterocycles. The van der Waals surface area contributed by atoms with Gasteiger partial charge in [0.2, 0.25) is 0 Å². The highest BCUT2D eigenvalue weighted by Crippen LogP contribution is 2.26. The number of anilines is 1. The van der Waals surface area contributed by atoms with Crippen LogP contribution in [0.3, 0.4) is 0 Å². The van der Waals surface area contributed by atoms with Crippen molar-refractivity contribution in [2.75, 3.05) is 5.73 Å². The molecule has 2 aromatic rings. The molecule has 0 aliphatic carbocycles. The van der Waals surface area contributed by atoms with Gasteiger partial charge in [-0.2, -0.15) is 0 Å². The van der Waals surface area contributed by atoms with Crippen LogP contribution in [0.2, 0.25) is 5.02 Å². The number of hydrogen-bond acceptors (Lipinski definition) is 3. The Hall–Kier alpha value is -2.27. The molecule has 0 aliphatic heterocycles. The fourth-order valence-corrected chi connectivity index (χ4v) is 1.97.